The number of carbonyl (C=O) groups excluding carboxylic acids is 1. The van der Waals surface area contributed by atoms with Gasteiger partial charge in [-0.25, -0.2) is 14.3 Å². The minimum Gasteiger partial charge on any atom is -0.356 e. The maximum Gasteiger partial charge on any atom is 0.151 e. The Bertz CT molecular complexity index is 1480. The van der Waals surface area contributed by atoms with E-state index in [-0.39, 0.29) is 6.23 Å². The highest BCUT2D eigenvalue weighted by atomic mass is 35.5. The third-order valence-electron chi connectivity index (χ3n) is 5.91. The van der Waals surface area contributed by atoms with E-state index in [0.717, 1.165) is 60.0 Å². The highest BCUT2D eigenvalue weighted by molar-refractivity contribution is 6.31. The zero-order chi connectivity index (χ0) is 22.4. The lowest BCUT2D eigenvalue weighted by atomic mass is 10.1. The number of nitrogens with zero attached hydrogens (tertiary/aromatic N) is 7. The first-order valence-corrected chi connectivity index (χ1v) is 11.2. The number of benzene rings is 1. The van der Waals surface area contributed by atoms with Gasteiger partial charge < -0.3 is 9.14 Å². The van der Waals surface area contributed by atoms with Crippen molar-refractivity contribution in [3.8, 4) is 11.3 Å². The molecule has 0 saturated carbocycles. The van der Waals surface area contributed by atoms with E-state index in [0.29, 0.717) is 22.8 Å². The second-order valence-electron chi connectivity index (χ2n) is 8.18. The smallest absolute Gasteiger partial charge is 0.151 e. The van der Waals surface area contributed by atoms with Crippen molar-refractivity contribution in [1.82, 2.24) is 34.2 Å². The van der Waals surface area contributed by atoms with Crippen LogP contribution in [0.15, 0.2) is 49.1 Å². The predicted octanol–water partition coefficient (Wildman–Crippen LogP) is 4.16. The molecule has 1 aliphatic rings. The summed E-state index contributed by atoms with van der Waals surface area (Å²) in [5, 5.41) is 14.8. The molecule has 5 aromatic rings. The van der Waals surface area contributed by atoms with Gasteiger partial charge in [0.15, 0.2) is 12.5 Å². The number of carbonyl (C=O) groups is 1. The van der Waals surface area contributed by atoms with Crippen LogP contribution in [0.3, 0.4) is 0 Å². The monoisotopic (exact) mass is 461 g/mol. The average Bonchev–Trinajstić information content (AvgIpc) is 3.56. The molecule has 1 aromatic carbocycles. The first-order valence-electron chi connectivity index (χ1n) is 10.8. The number of hydrogen-bond acceptors (Lipinski definition) is 6. The fourth-order valence-electron chi connectivity index (χ4n) is 4.34. The Labute approximate surface area is 193 Å². The standard InChI is InChI=1S/C23H20ClN7O2/c24-16-7-18(19-9-25-31(21(19)8-16)23-3-1-2-6-33-23)20-13-30(28-27-20)12-17-11-29-10-15(14-32)4-5-22(29)26-17/h4-5,7-11,13-14,23H,1-3,6,12H2. The van der Waals surface area contributed by atoms with Gasteiger partial charge >= 0.3 is 0 Å². The fourth-order valence-corrected chi connectivity index (χ4v) is 4.55. The quantitative estimate of drug-likeness (QED) is 0.365. The lowest BCUT2D eigenvalue weighted by Crippen LogP contribution is -2.18. The summed E-state index contributed by atoms with van der Waals surface area (Å²) < 4.78 is 11.4. The first-order chi connectivity index (χ1) is 16.2. The summed E-state index contributed by atoms with van der Waals surface area (Å²) in [5.41, 5.74) is 4.68. The van der Waals surface area contributed by atoms with Crippen LogP contribution in [0.1, 0.15) is 41.5 Å². The maximum absolute atomic E-state index is 11.0. The number of hydrogen-bond donors (Lipinski definition) is 0. The van der Waals surface area contributed by atoms with Crippen LogP contribution in [-0.2, 0) is 11.3 Å². The molecule has 1 saturated heterocycles. The van der Waals surface area contributed by atoms with Crippen molar-refractivity contribution >= 4 is 34.4 Å². The van der Waals surface area contributed by atoms with Gasteiger partial charge in [0.2, 0.25) is 0 Å². The molecule has 0 bridgehead atoms. The van der Waals surface area contributed by atoms with Crippen molar-refractivity contribution in [2.24, 2.45) is 0 Å². The number of aromatic nitrogens is 7. The molecule has 1 unspecified atom stereocenters. The normalized spacial score (nSPS) is 16.6. The van der Waals surface area contributed by atoms with E-state index in [1.807, 2.05) is 45.9 Å². The lowest BCUT2D eigenvalue weighted by molar-refractivity contribution is -0.0366. The van der Waals surface area contributed by atoms with E-state index in [2.05, 4.69) is 20.4 Å². The molecule has 1 aliphatic heterocycles. The molecule has 0 amide bonds. The van der Waals surface area contributed by atoms with Gasteiger partial charge in [0.05, 0.1) is 30.1 Å². The van der Waals surface area contributed by atoms with Gasteiger partial charge in [-0.2, -0.15) is 5.10 Å². The van der Waals surface area contributed by atoms with E-state index < -0.39 is 0 Å². The van der Waals surface area contributed by atoms with Crippen molar-refractivity contribution < 1.29 is 9.53 Å². The number of fused-ring (bicyclic) bond motifs is 2. The highest BCUT2D eigenvalue weighted by Gasteiger charge is 2.21. The van der Waals surface area contributed by atoms with Gasteiger partial charge in [0.25, 0.3) is 0 Å². The largest absolute Gasteiger partial charge is 0.356 e. The summed E-state index contributed by atoms with van der Waals surface area (Å²) in [6.07, 6.45) is 11.2. The Morgan fingerprint density at radius 1 is 1.18 bits per heavy atom. The van der Waals surface area contributed by atoms with Crippen LogP contribution in [-0.4, -0.2) is 47.1 Å². The molecule has 0 aliphatic carbocycles. The van der Waals surface area contributed by atoms with Crippen LogP contribution in [0.25, 0.3) is 27.8 Å². The van der Waals surface area contributed by atoms with Crippen molar-refractivity contribution in [2.45, 2.75) is 32.0 Å². The molecule has 0 spiro atoms. The Balaban J connectivity index is 1.32. The molecule has 1 fully saturated rings. The van der Waals surface area contributed by atoms with Gasteiger partial charge in [0, 0.05) is 40.5 Å². The summed E-state index contributed by atoms with van der Waals surface area (Å²) in [7, 11) is 0. The van der Waals surface area contributed by atoms with Crippen LogP contribution >= 0.6 is 11.6 Å². The van der Waals surface area contributed by atoms with Gasteiger partial charge in [-0.1, -0.05) is 16.8 Å². The summed E-state index contributed by atoms with van der Waals surface area (Å²) in [4.78, 5) is 15.6. The van der Waals surface area contributed by atoms with E-state index in [1.165, 1.54) is 0 Å². The SMILES string of the molecule is O=Cc1ccc2nc(Cn3cc(-c4cc(Cl)cc5c4cnn5C4CCCCO4)nn3)cn2c1. The Hall–Kier alpha value is -3.56. The number of imidazole rings is 1. The van der Waals surface area contributed by atoms with E-state index in [9.17, 15) is 4.79 Å². The second kappa shape index (κ2) is 8.09. The molecule has 6 rings (SSSR count). The molecule has 166 valence electrons. The maximum atomic E-state index is 11.0. The number of ether oxygens (including phenoxy) is 1. The second-order valence-corrected chi connectivity index (χ2v) is 8.61. The Kier molecular flexibility index (Phi) is 4.92. The van der Waals surface area contributed by atoms with Gasteiger partial charge in [-0.15, -0.1) is 5.10 Å². The summed E-state index contributed by atoms with van der Waals surface area (Å²) in [5.74, 6) is 0. The number of aldehydes is 1. The molecule has 5 heterocycles. The molecule has 10 heteroatoms. The molecule has 1 atom stereocenters. The minimum absolute atomic E-state index is 0.0759. The van der Waals surface area contributed by atoms with Crippen molar-refractivity contribution in [1.29, 1.82) is 0 Å². The highest BCUT2D eigenvalue weighted by Crippen LogP contribution is 2.34. The molecule has 0 N–H and O–H groups in total. The van der Waals surface area contributed by atoms with Crippen LogP contribution in [0.5, 0.6) is 0 Å². The third-order valence-corrected chi connectivity index (χ3v) is 6.13. The fraction of sp³-hybridized carbons (Fsp3) is 0.261. The van der Waals surface area contributed by atoms with E-state index in [1.54, 1.807) is 16.9 Å². The summed E-state index contributed by atoms with van der Waals surface area (Å²) in [6.45, 7) is 1.19. The van der Waals surface area contributed by atoms with Crippen molar-refractivity contribution in [2.75, 3.05) is 6.61 Å². The summed E-state index contributed by atoms with van der Waals surface area (Å²) >= 11 is 6.47. The van der Waals surface area contributed by atoms with E-state index >= 15 is 0 Å². The van der Waals surface area contributed by atoms with Crippen LogP contribution in [0.4, 0.5) is 0 Å². The first kappa shape index (κ1) is 20.1. The minimum atomic E-state index is -0.0759. The molecule has 4 aromatic heterocycles. The lowest BCUT2D eigenvalue weighted by Gasteiger charge is -2.23. The molecule has 0 radical (unpaired) electrons. The zero-order valence-corrected chi connectivity index (χ0v) is 18.4. The molecule has 9 nitrogen and oxygen atoms in total. The van der Waals surface area contributed by atoms with Crippen LogP contribution in [0, 0.1) is 0 Å². The number of halogens is 1. The third kappa shape index (κ3) is 3.69. The molecular weight excluding hydrogens is 442 g/mol. The van der Waals surface area contributed by atoms with Gasteiger partial charge in [-0.3, -0.25) is 4.79 Å². The zero-order valence-electron chi connectivity index (χ0n) is 17.6. The van der Waals surface area contributed by atoms with Crippen molar-refractivity contribution in [3.05, 3.63) is 65.3 Å². The number of pyridine rings is 1. The number of rotatable bonds is 5. The molecule has 33 heavy (non-hydrogen) atoms. The Morgan fingerprint density at radius 2 is 2.12 bits per heavy atom. The van der Waals surface area contributed by atoms with Gasteiger partial charge in [0.1, 0.15) is 11.3 Å². The summed E-state index contributed by atoms with van der Waals surface area (Å²) in [6, 6.07) is 7.36. The van der Waals surface area contributed by atoms with Gasteiger partial charge in [-0.05, 0) is 43.5 Å². The van der Waals surface area contributed by atoms with Crippen LogP contribution < -0.4 is 0 Å². The Morgan fingerprint density at radius 3 is 2.97 bits per heavy atom. The topological polar surface area (TPSA) is 92.1 Å². The van der Waals surface area contributed by atoms with Crippen molar-refractivity contribution in [3.63, 3.8) is 0 Å². The molecular formula is C23H20ClN7O2. The average molecular weight is 462 g/mol. The van der Waals surface area contributed by atoms with Crippen LogP contribution in [0.2, 0.25) is 5.02 Å². The predicted molar refractivity (Wildman–Crippen MR) is 122 cm³/mol. The van der Waals surface area contributed by atoms with E-state index in [4.69, 9.17) is 16.3 Å².